The highest BCUT2D eigenvalue weighted by Crippen LogP contribution is 2.29. The van der Waals surface area contributed by atoms with Crippen LogP contribution in [0.25, 0.3) is 11.1 Å². The van der Waals surface area contributed by atoms with Crippen molar-refractivity contribution in [2.45, 2.75) is 26.4 Å². The molecule has 0 fully saturated rings. The molecule has 2 nitrogen and oxygen atoms in total. The Labute approximate surface area is 149 Å². The molecule has 0 atom stereocenters. The van der Waals surface area contributed by atoms with Gasteiger partial charge in [0.15, 0.2) is 0 Å². The maximum atomic E-state index is 9.36. The van der Waals surface area contributed by atoms with Gasteiger partial charge in [0.1, 0.15) is 18.4 Å². The van der Waals surface area contributed by atoms with Gasteiger partial charge in [0.05, 0.1) is 5.56 Å². The predicted octanol–water partition coefficient (Wildman–Crippen LogP) is 5.93. The topological polar surface area (TPSA) is 33.0 Å². The van der Waals surface area contributed by atoms with Crippen molar-refractivity contribution in [1.82, 2.24) is 0 Å². The maximum absolute atomic E-state index is 9.36. The van der Waals surface area contributed by atoms with Crippen LogP contribution < -0.4 is 4.74 Å². The van der Waals surface area contributed by atoms with Crippen LogP contribution in [-0.4, -0.2) is 0 Å². The van der Waals surface area contributed by atoms with Crippen molar-refractivity contribution < 1.29 is 4.74 Å². The molecule has 3 aromatic carbocycles. The van der Waals surface area contributed by atoms with Crippen LogP contribution in [-0.2, 0) is 6.61 Å². The summed E-state index contributed by atoms with van der Waals surface area (Å²) in [4.78, 5) is 0. The first-order valence-electron chi connectivity index (χ1n) is 8.48. The normalized spacial score (nSPS) is 10.5. The zero-order valence-electron chi connectivity index (χ0n) is 14.6. The molecular formula is C23H21NO. The second-order valence-corrected chi connectivity index (χ2v) is 6.38. The van der Waals surface area contributed by atoms with E-state index in [1.54, 1.807) is 0 Å². The Kier molecular flexibility index (Phi) is 5.16. The van der Waals surface area contributed by atoms with Crippen LogP contribution in [0.5, 0.6) is 5.75 Å². The fourth-order valence-electron chi connectivity index (χ4n) is 2.73. The lowest BCUT2D eigenvalue weighted by Gasteiger charge is -2.12. The second-order valence-electron chi connectivity index (χ2n) is 6.38. The summed E-state index contributed by atoms with van der Waals surface area (Å²) in [6, 6.07) is 26.5. The van der Waals surface area contributed by atoms with E-state index >= 15 is 0 Å². The Morgan fingerprint density at radius 2 is 1.64 bits per heavy atom. The lowest BCUT2D eigenvalue weighted by Crippen LogP contribution is -1.97. The first-order chi connectivity index (χ1) is 12.2. The van der Waals surface area contributed by atoms with Crippen LogP contribution >= 0.6 is 0 Å². The molecule has 0 spiro atoms. The standard InChI is InChI=1S/C23H21NO/c1-17(2)19-9-6-10-20(13-19)21-11-12-22(15-24)23(14-21)25-16-18-7-4-3-5-8-18/h3-14,17H,16H2,1-2H3. The number of ether oxygens (including phenoxy) is 1. The summed E-state index contributed by atoms with van der Waals surface area (Å²) in [5.74, 6) is 1.10. The van der Waals surface area contributed by atoms with Gasteiger partial charge in [-0.2, -0.15) is 5.26 Å². The summed E-state index contributed by atoms with van der Waals surface area (Å²) < 4.78 is 5.93. The molecule has 0 radical (unpaired) electrons. The third-order valence-electron chi connectivity index (χ3n) is 4.23. The number of rotatable bonds is 5. The Balaban J connectivity index is 1.90. The van der Waals surface area contributed by atoms with Gasteiger partial charge in [0.2, 0.25) is 0 Å². The average molecular weight is 327 g/mol. The molecule has 0 aliphatic carbocycles. The minimum Gasteiger partial charge on any atom is -0.488 e. The number of nitrogens with zero attached hydrogens (tertiary/aromatic N) is 1. The van der Waals surface area contributed by atoms with Crippen molar-refractivity contribution in [3.63, 3.8) is 0 Å². The molecule has 0 N–H and O–H groups in total. The van der Waals surface area contributed by atoms with Crippen LogP contribution in [0.2, 0.25) is 0 Å². The molecule has 0 saturated carbocycles. The monoisotopic (exact) mass is 327 g/mol. The molecule has 0 saturated heterocycles. The minimum atomic E-state index is 0.449. The average Bonchev–Trinajstić information content (AvgIpc) is 2.67. The number of benzene rings is 3. The van der Waals surface area contributed by atoms with Gasteiger partial charge in [-0.25, -0.2) is 0 Å². The number of hydrogen-bond acceptors (Lipinski definition) is 2. The van der Waals surface area contributed by atoms with Gasteiger partial charge in [-0.3, -0.25) is 0 Å². The molecule has 0 unspecified atom stereocenters. The van der Waals surface area contributed by atoms with Gasteiger partial charge in [-0.05, 0) is 40.3 Å². The molecule has 124 valence electrons. The van der Waals surface area contributed by atoms with E-state index in [0.29, 0.717) is 23.8 Å². The summed E-state index contributed by atoms with van der Waals surface area (Å²) in [5, 5.41) is 9.36. The molecule has 3 aromatic rings. The largest absolute Gasteiger partial charge is 0.488 e. The number of hydrogen-bond donors (Lipinski definition) is 0. The Morgan fingerprint density at radius 3 is 2.36 bits per heavy atom. The third kappa shape index (κ3) is 4.08. The molecule has 3 rings (SSSR count). The van der Waals surface area contributed by atoms with Crippen molar-refractivity contribution >= 4 is 0 Å². The fraction of sp³-hybridized carbons (Fsp3) is 0.174. The van der Waals surface area contributed by atoms with Crippen molar-refractivity contribution in [2.75, 3.05) is 0 Å². The zero-order chi connectivity index (χ0) is 17.6. The van der Waals surface area contributed by atoms with Crippen LogP contribution in [0.3, 0.4) is 0 Å². The second kappa shape index (κ2) is 7.68. The molecule has 0 aliphatic heterocycles. The van der Waals surface area contributed by atoms with Gasteiger partial charge in [-0.15, -0.1) is 0 Å². The highest BCUT2D eigenvalue weighted by atomic mass is 16.5. The van der Waals surface area contributed by atoms with Crippen LogP contribution in [0.15, 0.2) is 72.8 Å². The fourth-order valence-corrected chi connectivity index (χ4v) is 2.73. The van der Waals surface area contributed by atoms with Gasteiger partial charge in [0.25, 0.3) is 0 Å². The zero-order valence-corrected chi connectivity index (χ0v) is 14.6. The van der Waals surface area contributed by atoms with E-state index in [1.807, 2.05) is 48.5 Å². The summed E-state index contributed by atoms with van der Waals surface area (Å²) in [6.07, 6.45) is 0. The van der Waals surface area contributed by atoms with E-state index in [2.05, 4.69) is 44.2 Å². The summed E-state index contributed by atoms with van der Waals surface area (Å²) >= 11 is 0. The van der Waals surface area contributed by atoms with Crippen LogP contribution in [0.1, 0.15) is 36.5 Å². The van der Waals surface area contributed by atoms with Gasteiger partial charge in [0, 0.05) is 0 Å². The van der Waals surface area contributed by atoms with Crippen LogP contribution in [0, 0.1) is 11.3 Å². The first kappa shape index (κ1) is 16.8. The molecule has 0 amide bonds. The number of nitriles is 1. The maximum Gasteiger partial charge on any atom is 0.138 e. The lowest BCUT2D eigenvalue weighted by molar-refractivity contribution is 0.305. The molecule has 25 heavy (non-hydrogen) atoms. The van der Waals surface area contributed by atoms with Crippen molar-refractivity contribution in [1.29, 1.82) is 5.26 Å². The third-order valence-corrected chi connectivity index (χ3v) is 4.23. The Morgan fingerprint density at radius 1 is 0.880 bits per heavy atom. The molecule has 0 aliphatic rings. The molecular weight excluding hydrogens is 306 g/mol. The van der Waals surface area contributed by atoms with E-state index in [4.69, 9.17) is 4.74 Å². The van der Waals surface area contributed by atoms with E-state index < -0.39 is 0 Å². The quantitative estimate of drug-likeness (QED) is 0.582. The first-order valence-corrected chi connectivity index (χ1v) is 8.48. The van der Waals surface area contributed by atoms with E-state index in [0.717, 1.165) is 16.7 Å². The highest BCUT2D eigenvalue weighted by Gasteiger charge is 2.08. The SMILES string of the molecule is CC(C)c1cccc(-c2ccc(C#N)c(OCc3ccccc3)c2)c1. The smallest absolute Gasteiger partial charge is 0.138 e. The van der Waals surface area contributed by atoms with Crippen molar-refractivity contribution in [3.05, 3.63) is 89.5 Å². The summed E-state index contributed by atoms with van der Waals surface area (Å²) in [6.45, 7) is 4.82. The van der Waals surface area contributed by atoms with Crippen molar-refractivity contribution in [2.24, 2.45) is 0 Å². The molecule has 0 heterocycles. The molecule has 2 heteroatoms. The highest BCUT2D eigenvalue weighted by molar-refractivity contribution is 5.68. The van der Waals surface area contributed by atoms with Gasteiger partial charge < -0.3 is 4.74 Å². The van der Waals surface area contributed by atoms with E-state index in [1.165, 1.54) is 5.56 Å². The molecule has 0 aromatic heterocycles. The summed E-state index contributed by atoms with van der Waals surface area (Å²) in [7, 11) is 0. The van der Waals surface area contributed by atoms with Gasteiger partial charge >= 0.3 is 0 Å². The minimum absolute atomic E-state index is 0.449. The van der Waals surface area contributed by atoms with Crippen LogP contribution in [0.4, 0.5) is 0 Å². The van der Waals surface area contributed by atoms with E-state index in [9.17, 15) is 5.26 Å². The van der Waals surface area contributed by atoms with Crippen molar-refractivity contribution in [3.8, 4) is 22.9 Å². The van der Waals surface area contributed by atoms with E-state index in [-0.39, 0.29) is 0 Å². The lowest BCUT2D eigenvalue weighted by atomic mass is 9.97. The molecule has 0 bridgehead atoms. The predicted molar refractivity (Wildman–Crippen MR) is 101 cm³/mol. The summed E-state index contributed by atoms with van der Waals surface area (Å²) in [5.41, 5.74) is 5.14. The Bertz CT molecular complexity index is 891. The Hall–Kier alpha value is -3.05. The van der Waals surface area contributed by atoms with Gasteiger partial charge in [-0.1, -0.05) is 74.5 Å².